The second-order valence-corrected chi connectivity index (χ2v) is 7.27. The maximum Gasteiger partial charge on any atom is 0.214 e. The Morgan fingerprint density at radius 2 is 2.35 bits per heavy atom. The number of thiophene rings is 1. The van der Waals surface area contributed by atoms with E-state index < -0.39 is 10.0 Å². The number of hydrogen-bond donors (Lipinski definition) is 1. The fraction of sp³-hybridized carbons (Fsp3) is 0.636. The maximum atomic E-state index is 12.1. The van der Waals surface area contributed by atoms with E-state index in [4.69, 9.17) is 5.11 Å². The molecule has 0 aliphatic carbocycles. The third-order valence-electron chi connectivity index (χ3n) is 3.14. The first kappa shape index (κ1) is 13.0. The average Bonchev–Trinajstić information content (AvgIpc) is 2.75. The summed E-state index contributed by atoms with van der Waals surface area (Å²) in [5.74, 6) is 0.0350. The first-order chi connectivity index (χ1) is 8.06. The van der Waals surface area contributed by atoms with E-state index in [1.165, 1.54) is 4.88 Å². The van der Waals surface area contributed by atoms with Gasteiger partial charge in [0.1, 0.15) is 0 Å². The Morgan fingerprint density at radius 3 is 3.06 bits per heavy atom. The molecule has 0 fully saturated rings. The van der Waals surface area contributed by atoms with E-state index in [9.17, 15) is 8.42 Å². The molecule has 1 unspecified atom stereocenters. The molecule has 0 radical (unpaired) electrons. The van der Waals surface area contributed by atoms with Gasteiger partial charge < -0.3 is 5.11 Å². The Balaban J connectivity index is 2.20. The highest BCUT2D eigenvalue weighted by Gasteiger charge is 2.32. The molecule has 1 N–H and O–H groups in total. The molecule has 0 amide bonds. The highest BCUT2D eigenvalue weighted by Crippen LogP contribution is 2.34. The molecule has 0 spiro atoms. The van der Waals surface area contributed by atoms with E-state index in [1.54, 1.807) is 15.6 Å². The molecular formula is C11H17NO3S2. The van der Waals surface area contributed by atoms with Gasteiger partial charge in [0.2, 0.25) is 10.0 Å². The van der Waals surface area contributed by atoms with Crippen LogP contribution in [0.1, 0.15) is 29.8 Å². The van der Waals surface area contributed by atoms with Crippen LogP contribution in [-0.4, -0.2) is 36.7 Å². The van der Waals surface area contributed by atoms with Crippen molar-refractivity contribution >= 4 is 21.4 Å². The lowest BCUT2D eigenvalue weighted by molar-refractivity contribution is 0.290. The zero-order chi connectivity index (χ0) is 12.5. The highest BCUT2D eigenvalue weighted by atomic mass is 32.2. The number of aliphatic hydroxyl groups is 1. The minimum Gasteiger partial charge on any atom is -0.396 e. The van der Waals surface area contributed by atoms with Crippen LogP contribution in [0.5, 0.6) is 0 Å². The van der Waals surface area contributed by atoms with Crippen LogP contribution in [0.15, 0.2) is 11.4 Å². The van der Waals surface area contributed by atoms with E-state index in [0.717, 1.165) is 12.0 Å². The van der Waals surface area contributed by atoms with Gasteiger partial charge in [-0.1, -0.05) is 0 Å². The second kappa shape index (κ2) is 5.06. The Hall–Kier alpha value is -0.430. The smallest absolute Gasteiger partial charge is 0.214 e. The molecule has 2 rings (SSSR count). The van der Waals surface area contributed by atoms with Crippen LogP contribution >= 0.6 is 11.3 Å². The SMILES string of the molecule is CC1c2ccsc2CCN1S(=O)(=O)CCCO. The van der Waals surface area contributed by atoms with Gasteiger partial charge >= 0.3 is 0 Å². The van der Waals surface area contributed by atoms with Gasteiger partial charge in [0, 0.05) is 24.1 Å². The number of fused-ring (bicyclic) bond motifs is 1. The minimum absolute atomic E-state index is 0.0350. The summed E-state index contributed by atoms with van der Waals surface area (Å²) in [4.78, 5) is 1.30. The Bertz CT molecular complexity index is 481. The molecule has 1 atom stereocenters. The van der Waals surface area contributed by atoms with Crippen molar-refractivity contribution in [3.05, 3.63) is 21.9 Å². The summed E-state index contributed by atoms with van der Waals surface area (Å²) in [7, 11) is -3.24. The predicted octanol–water partition coefficient (Wildman–Crippen LogP) is 1.38. The molecule has 1 aliphatic heterocycles. The molecule has 6 heteroatoms. The van der Waals surface area contributed by atoms with Crippen molar-refractivity contribution < 1.29 is 13.5 Å². The number of rotatable bonds is 4. The zero-order valence-corrected chi connectivity index (χ0v) is 11.4. The Morgan fingerprint density at radius 1 is 1.59 bits per heavy atom. The standard InChI is InChI=1S/C11H17NO3S2/c1-9-10-4-7-16-11(10)3-5-12(9)17(14,15)8-2-6-13/h4,7,9,13H,2-3,5-6,8H2,1H3. The van der Waals surface area contributed by atoms with Crippen molar-refractivity contribution in [2.24, 2.45) is 0 Å². The quantitative estimate of drug-likeness (QED) is 0.903. The predicted molar refractivity (Wildman–Crippen MR) is 68.6 cm³/mol. The highest BCUT2D eigenvalue weighted by molar-refractivity contribution is 7.89. The molecule has 1 aromatic rings. The van der Waals surface area contributed by atoms with Gasteiger partial charge in [0.05, 0.1) is 5.75 Å². The summed E-state index contributed by atoms with van der Waals surface area (Å²) < 4.78 is 25.8. The van der Waals surface area contributed by atoms with Crippen molar-refractivity contribution in [1.82, 2.24) is 4.31 Å². The van der Waals surface area contributed by atoms with Crippen LogP contribution in [0.4, 0.5) is 0 Å². The molecule has 1 aliphatic rings. The minimum atomic E-state index is -3.24. The van der Waals surface area contributed by atoms with Crippen LogP contribution in [0, 0.1) is 0 Å². The molecule has 1 aromatic heterocycles. The first-order valence-electron chi connectivity index (χ1n) is 5.73. The Kier molecular flexibility index (Phi) is 3.87. The van der Waals surface area contributed by atoms with Crippen molar-refractivity contribution in [3.8, 4) is 0 Å². The van der Waals surface area contributed by atoms with Crippen molar-refractivity contribution in [2.75, 3.05) is 18.9 Å². The van der Waals surface area contributed by atoms with Gasteiger partial charge in [-0.2, -0.15) is 4.31 Å². The summed E-state index contributed by atoms with van der Waals surface area (Å²) in [6, 6.07) is 1.94. The number of sulfonamides is 1. The molecule has 96 valence electrons. The summed E-state index contributed by atoms with van der Waals surface area (Å²) >= 11 is 1.70. The molecule has 0 aromatic carbocycles. The third-order valence-corrected chi connectivity index (χ3v) is 6.15. The monoisotopic (exact) mass is 275 g/mol. The molecule has 4 nitrogen and oxygen atoms in total. The van der Waals surface area contributed by atoms with Gasteiger partial charge in [-0.3, -0.25) is 0 Å². The normalized spacial score (nSPS) is 21.4. The second-order valence-electron chi connectivity index (χ2n) is 4.23. The lowest BCUT2D eigenvalue weighted by atomic mass is 10.0. The van der Waals surface area contributed by atoms with Gasteiger partial charge in [0.25, 0.3) is 0 Å². The van der Waals surface area contributed by atoms with Crippen LogP contribution in [0.2, 0.25) is 0 Å². The van der Waals surface area contributed by atoms with Crippen molar-refractivity contribution in [3.63, 3.8) is 0 Å². The maximum absolute atomic E-state index is 12.1. The molecule has 17 heavy (non-hydrogen) atoms. The lowest BCUT2D eigenvalue weighted by Crippen LogP contribution is -2.39. The number of hydrogen-bond acceptors (Lipinski definition) is 4. The van der Waals surface area contributed by atoms with Crippen LogP contribution < -0.4 is 0 Å². The summed E-state index contributed by atoms with van der Waals surface area (Å²) in [5, 5.41) is 10.8. The van der Waals surface area contributed by atoms with E-state index in [-0.39, 0.29) is 18.4 Å². The van der Waals surface area contributed by atoms with Gasteiger partial charge in [-0.25, -0.2) is 8.42 Å². The molecule has 2 heterocycles. The van der Waals surface area contributed by atoms with Gasteiger partial charge in [0.15, 0.2) is 0 Å². The topological polar surface area (TPSA) is 57.6 Å². The van der Waals surface area contributed by atoms with Crippen LogP contribution in [0.25, 0.3) is 0 Å². The number of aliphatic hydroxyl groups excluding tert-OH is 1. The van der Waals surface area contributed by atoms with Crippen LogP contribution in [0.3, 0.4) is 0 Å². The third kappa shape index (κ3) is 2.54. The van der Waals surface area contributed by atoms with Crippen LogP contribution in [-0.2, 0) is 16.4 Å². The van der Waals surface area contributed by atoms with E-state index in [1.807, 2.05) is 18.4 Å². The molecular weight excluding hydrogens is 258 g/mol. The van der Waals surface area contributed by atoms with Crippen molar-refractivity contribution in [1.29, 1.82) is 0 Å². The zero-order valence-electron chi connectivity index (χ0n) is 9.80. The summed E-state index contributed by atoms with van der Waals surface area (Å²) in [5.41, 5.74) is 1.13. The summed E-state index contributed by atoms with van der Waals surface area (Å²) in [6.45, 7) is 2.41. The lowest BCUT2D eigenvalue weighted by Gasteiger charge is -2.32. The van der Waals surface area contributed by atoms with E-state index in [2.05, 4.69) is 0 Å². The fourth-order valence-electron chi connectivity index (χ4n) is 2.23. The van der Waals surface area contributed by atoms with Crippen molar-refractivity contribution in [2.45, 2.75) is 25.8 Å². The molecule has 0 saturated carbocycles. The fourth-order valence-corrected chi connectivity index (χ4v) is 4.89. The van der Waals surface area contributed by atoms with E-state index in [0.29, 0.717) is 13.0 Å². The molecule has 0 saturated heterocycles. The Labute approximate surface area is 106 Å². The number of nitrogens with zero attached hydrogens (tertiary/aromatic N) is 1. The first-order valence-corrected chi connectivity index (χ1v) is 8.22. The average molecular weight is 275 g/mol. The van der Waals surface area contributed by atoms with E-state index >= 15 is 0 Å². The largest absolute Gasteiger partial charge is 0.396 e. The molecule has 0 bridgehead atoms. The van der Waals surface area contributed by atoms with Gasteiger partial charge in [-0.05, 0) is 36.8 Å². The van der Waals surface area contributed by atoms with Gasteiger partial charge in [-0.15, -0.1) is 11.3 Å². The summed E-state index contributed by atoms with van der Waals surface area (Å²) in [6.07, 6.45) is 1.11.